The van der Waals surface area contributed by atoms with Crippen molar-refractivity contribution in [3.63, 3.8) is 0 Å². The van der Waals surface area contributed by atoms with Gasteiger partial charge < -0.3 is 10.2 Å². The summed E-state index contributed by atoms with van der Waals surface area (Å²) in [6, 6.07) is 10.7. The summed E-state index contributed by atoms with van der Waals surface area (Å²) in [4.78, 5) is 26.8. The summed E-state index contributed by atoms with van der Waals surface area (Å²) in [7, 11) is -2.11. The lowest BCUT2D eigenvalue weighted by Gasteiger charge is -2.29. The molecule has 1 N–H and O–H groups in total. The maximum absolute atomic E-state index is 13.1. The molecule has 1 atom stereocenters. The van der Waals surface area contributed by atoms with Crippen molar-refractivity contribution in [3.8, 4) is 0 Å². The third-order valence-electron chi connectivity index (χ3n) is 5.05. The van der Waals surface area contributed by atoms with Crippen molar-refractivity contribution < 1.29 is 18.0 Å². The van der Waals surface area contributed by atoms with Crippen molar-refractivity contribution in [1.82, 2.24) is 10.2 Å². The first-order valence-corrected chi connectivity index (χ1v) is 13.1. The summed E-state index contributed by atoms with van der Waals surface area (Å²) in [5.74, 6) is -0.676. The zero-order valence-corrected chi connectivity index (χ0v) is 21.6. The lowest BCUT2D eigenvalue weighted by atomic mass is 10.1. The molecule has 11 heteroatoms. The third-order valence-corrected chi connectivity index (χ3v) is 7.19. The average Bonchev–Trinajstić information content (AvgIpc) is 2.74. The Hall–Kier alpha value is -2.00. The Bertz CT molecular complexity index is 1090. The van der Waals surface area contributed by atoms with Crippen LogP contribution in [0.15, 0.2) is 42.5 Å². The van der Waals surface area contributed by atoms with Crippen LogP contribution in [0.25, 0.3) is 0 Å². The van der Waals surface area contributed by atoms with Gasteiger partial charge in [0, 0.05) is 47.2 Å². The molecule has 0 aromatic heterocycles. The van der Waals surface area contributed by atoms with E-state index in [2.05, 4.69) is 5.32 Å². The second kappa shape index (κ2) is 11.9. The molecule has 0 radical (unpaired) electrons. The molecule has 7 nitrogen and oxygen atoms in total. The number of nitrogens with zero attached hydrogens (tertiary/aromatic N) is 2. The van der Waals surface area contributed by atoms with Crippen LogP contribution in [0.1, 0.15) is 25.3 Å². The molecular weight excluding hydrogens is 509 g/mol. The largest absolute Gasteiger partial charge is 0.357 e. The number of sulfonamides is 1. The molecule has 0 aliphatic carbocycles. The van der Waals surface area contributed by atoms with Crippen LogP contribution in [0.5, 0.6) is 0 Å². The predicted octanol–water partition coefficient (Wildman–Crippen LogP) is 4.36. The van der Waals surface area contributed by atoms with E-state index < -0.39 is 16.1 Å². The molecule has 2 rings (SSSR count). The van der Waals surface area contributed by atoms with Crippen LogP contribution in [0.4, 0.5) is 5.69 Å². The quantitative estimate of drug-likeness (QED) is 0.491. The Morgan fingerprint density at radius 1 is 1.06 bits per heavy atom. The van der Waals surface area contributed by atoms with Crippen LogP contribution in [0.3, 0.4) is 0 Å². The second-order valence-electron chi connectivity index (χ2n) is 7.43. The standard InChI is InChI=1S/C22H26Cl3N3O4S/c1-15(22(30)26-2)27(14-18-19(24)9-5-10-20(18)25)21(29)11-6-12-28(33(3,31)32)17-8-4-7-16(23)13-17/h4-5,7-10,13,15H,6,11-12,14H2,1-3H3,(H,26,30). The van der Waals surface area contributed by atoms with Crippen molar-refractivity contribution in [2.24, 2.45) is 0 Å². The lowest BCUT2D eigenvalue weighted by molar-refractivity contribution is -0.140. The Kier molecular flexibility index (Phi) is 9.84. The number of carbonyl (C=O) groups is 2. The molecule has 180 valence electrons. The number of carbonyl (C=O) groups excluding carboxylic acids is 2. The number of nitrogens with one attached hydrogen (secondary N) is 1. The molecular formula is C22H26Cl3N3O4S. The van der Waals surface area contributed by atoms with Gasteiger partial charge in [-0.25, -0.2) is 8.42 Å². The Balaban J connectivity index is 2.20. The van der Waals surface area contributed by atoms with E-state index >= 15 is 0 Å². The normalized spacial score (nSPS) is 12.2. The van der Waals surface area contributed by atoms with Crippen LogP contribution >= 0.6 is 34.8 Å². The molecule has 0 heterocycles. The van der Waals surface area contributed by atoms with Gasteiger partial charge in [0.2, 0.25) is 21.8 Å². The number of anilines is 1. The number of benzene rings is 2. The number of hydrogen-bond acceptors (Lipinski definition) is 4. The smallest absolute Gasteiger partial charge is 0.242 e. The minimum atomic E-state index is -3.60. The van der Waals surface area contributed by atoms with E-state index in [1.54, 1.807) is 49.4 Å². The van der Waals surface area contributed by atoms with Crippen LogP contribution in [0, 0.1) is 0 Å². The molecule has 0 aliphatic rings. The summed E-state index contributed by atoms with van der Waals surface area (Å²) in [6.07, 6.45) is 1.33. The first-order chi connectivity index (χ1) is 15.5. The van der Waals surface area contributed by atoms with Crippen molar-refractivity contribution in [1.29, 1.82) is 0 Å². The van der Waals surface area contributed by atoms with Crippen molar-refractivity contribution in [2.45, 2.75) is 32.4 Å². The molecule has 0 bridgehead atoms. The first-order valence-electron chi connectivity index (χ1n) is 10.1. The SMILES string of the molecule is CNC(=O)C(C)N(Cc1c(Cl)cccc1Cl)C(=O)CCCN(c1cccc(Cl)c1)S(C)(=O)=O. The van der Waals surface area contributed by atoms with E-state index in [1.165, 1.54) is 16.3 Å². The van der Waals surface area contributed by atoms with Gasteiger partial charge in [-0.1, -0.05) is 46.9 Å². The number of amides is 2. The van der Waals surface area contributed by atoms with Gasteiger partial charge in [-0.2, -0.15) is 0 Å². The van der Waals surface area contributed by atoms with E-state index in [4.69, 9.17) is 34.8 Å². The van der Waals surface area contributed by atoms with Gasteiger partial charge in [0.15, 0.2) is 0 Å². The van der Waals surface area contributed by atoms with Crippen LogP contribution in [-0.2, 0) is 26.2 Å². The predicted molar refractivity (Wildman–Crippen MR) is 133 cm³/mol. The third kappa shape index (κ3) is 7.50. The van der Waals surface area contributed by atoms with Crippen LogP contribution < -0.4 is 9.62 Å². The van der Waals surface area contributed by atoms with Gasteiger partial charge >= 0.3 is 0 Å². The topological polar surface area (TPSA) is 86.8 Å². The molecule has 2 amide bonds. The maximum Gasteiger partial charge on any atom is 0.242 e. The fourth-order valence-electron chi connectivity index (χ4n) is 3.28. The molecule has 33 heavy (non-hydrogen) atoms. The lowest BCUT2D eigenvalue weighted by Crippen LogP contribution is -2.47. The minimum Gasteiger partial charge on any atom is -0.357 e. The molecule has 0 aliphatic heterocycles. The van der Waals surface area contributed by atoms with E-state index in [0.29, 0.717) is 26.3 Å². The van der Waals surface area contributed by atoms with Gasteiger partial charge in [0.05, 0.1) is 11.9 Å². The van der Waals surface area contributed by atoms with Gasteiger partial charge in [-0.05, 0) is 43.7 Å². The summed E-state index contributed by atoms with van der Waals surface area (Å²) in [5, 5.41) is 3.71. The molecule has 1 unspecified atom stereocenters. The molecule has 0 fully saturated rings. The van der Waals surface area contributed by atoms with Crippen molar-refractivity contribution in [2.75, 3.05) is 24.2 Å². The highest BCUT2D eigenvalue weighted by Crippen LogP contribution is 2.27. The average molecular weight is 535 g/mol. The molecule has 2 aromatic carbocycles. The number of likely N-dealkylation sites (N-methyl/N-ethyl adjacent to an activating group) is 1. The van der Waals surface area contributed by atoms with Gasteiger partial charge in [0.1, 0.15) is 6.04 Å². The van der Waals surface area contributed by atoms with Crippen molar-refractivity contribution in [3.05, 3.63) is 63.1 Å². The van der Waals surface area contributed by atoms with Crippen LogP contribution in [-0.4, -0.2) is 51.0 Å². The van der Waals surface area contributed by atoms with Gasteiger partial charge in [-0.15, -0.1) is 0 Å². The monoisotopic (exact) mass is 533 g/mol. The summed E-state index contributed by atoms with van der Waals surface area (Å²) in [5.41, 5.74) is 0.942. The second-order valence-corrected chi connectivity index (χ2v) is 10.6. The maximum atomic E-state index is 13.1. The zero-order chi connectivity index (χ0) is 24.8. The van der Waals surface area contributed by atoms with E-state index in [9.17, 15) is 18.0 Å². The van der Waals surface area contributed by atoms with Crippen molar-refractivity contribution >= 4 is 62.3 Å². The highest BCUT2D eigenvalue weighted by Gasteiger charge is 2.27. The number of halogens is 3. The molecule has 0 saturated carbocycles. The van der Waals surface area contributed by atoms with Crippen LogP contribution in [0.2, 0.25) is 15.1 Å². The van der Waals surface area contributed by atoms with Gasteiger partial charge in [0.25, 0.3) is 0 Å². The number of hydrogen-bond donors (Lipinski definition) is 1. The summed E-state index contributed by atoms with van der Waals surface area (Å²) >= 11 is 18.5. The first kappa shape index (κ1) is 27.2. The minimum absolute atomic E-state index is 0.00991. The fraction of sp³-hybridized carbons (Fsp3) is 0.364. The molecule has 0 spiro atoms. The Morgan fingerprint density at radius 2 is 1.67 bits per heavy atom. The highest BCUT2D eigenvalue weighted by atomic mass is 35.5. The fourth-order valence-corrected chi connectivity index (χ4v) is 4.94. The van der Waals surface area contributed by atoms with Gasteiger partial charge in [-0.3, -0.25) is 13.9 Å². The molecule has 2 aromatic rings. The zero-order valence-electron chi connectivity index (χ0n) is 18.5. The summed E-state index contributed by atoms with van der Waals surface area (Å²) < 4.78 is 25.8. The van der Waals surface area contributed by atoms with E-state index in [1.807, 2.05) is 0 Å². The number of rotatable bonds is 10. The van der Waals surface area contributed by atoms with E-state index in [-0.39, 0.29) is 37.7 Å². The molecule has 0 saturated heterocycles. The van der Waals surface area contributed by atoms with E-state index in [0.717, 1.165) is 6.26 Å². The summed E-state index contributed by atoms with van der Waals surface area (Å²) in [6.45, 7) is 1.71. The Morgan fingerprint density at radius 3 is 2.21 bits per heavy atom. The Labute approximate surface area is 209 Å². The highest BCUT2D eigenvalue weighted by molar-refractivity contribution is 7.92.